The maximum atomic E-state index is 5.16. The number of aromatic nitrogens is 3. The molecule has 0 bridgehead atoms. The third kappa shape index (κ3) is 5.78. The van der Waals surface area contributed by atoms with E-state index in [1.54, 1.807) is 11.3 Å². The van der Waals surface area contributed by atoms with E-state index in [-0.39, 0.29) is 0 Å². The fourth-order valence-electron chi connectivity index (χ4n) is 8.25. The molecule has 2 heterocycles. The lowest BCUT2D eigenvalue weighted by molar-refractivity contribution is 1.08. The van der Waals surface area contributed by atoms with Crippen LogP contribution in [0.4, 0.5) is 0 Å². The Labute approximate surface area is 334 Å². The highest BCUT2D eigenvalue weighted by Crippen LogP contribution is 2.44. The first-order valence-electron chi connectivity index (χ1n) is 19.2. The molecule has 4 heteroatoms. The van der Waals surface area contributed by atoms with E-state index >= 15 is 0 Å². The molecule has 9 aromatic carbocycles. The fourth-order valence-corrected chi connectivity index (χ4v) is 9.46. The van der Waals surface area contributed by atoms with Crippen molar-refractivity contribution < 1.29 is 0 Å². The maximum Gasteiger partial charge on any atom is 0.165 e. The van der Waals surface area contributed by atoms with Crippen molar-refractivity contribution in [1.82, 2.24) is 15.0 Å². The zero-order valence-corrected chi connectivity index (χ0v) is 31.6. The molecule has 0 aliphatic rings. The third-order valence-corrected chi connectivity index (χ3v) is 12.2. The summed E-state index contributed by atoms with van der Waals surface area (Å²) in [7, 11) is 0. The Balaban J connectivity index is 1.04. The van der Waals surface area contributed by atoms with Gasteiger partial charge < -0.3 is 0 Å². The maximum absolute atomic E-state index is 5.16. The average molecular weight is 744 g/mol. The van der Waals surface area contributed by atoms with E-state index in [9.17, 15) is 0 Å². The van der Waals surface area contributed by atoms with Crippen LogP contribution in [0.3, 0.4) is 0 Å². The van der Waals surface area contributed by atoms with Crippen LogP contribution in [0.25, 0.3) is 109 Å². The van der Waals surface area contributed by atoms with Gasteiger partial charge in [-0.1, -0.05) is 188 Å². The monoisotopic (exact) mass is 743 g/mol. The minimum Gasteiger partial charge on any atom is -0.208 e. The van der Waals surface area contributed by atoms with Gasteiger partial charge in [0.25, 0.3) is 0 Å². The van der Waals surface area contributed by atoms with E-state index in [1.807, 2.05) is 18.2 Å². The van der Waals surface area contributed by atoms with Gasteiger partial charge in [-0.3, -0.25) is 0 Å². The number of benzene rings is 9. The predicted molar refractivity (Wildman–Crippen MR) is 240 cm³/mol. The summed E-state index contributed by atoms with van der Waals surface area (Å²) in [5.41, 5.74) is 10.1. The van der Waals surface area contributed by atoms with Crippen LogP contribution in [0.5, 0.6) is 0 Å². The van der Waals surface area contributed by atoms with Gasteiger partial charge in [0.1, 0.15) is 0 Å². The minimum atomic E-state index is 0.646. The van der Waals surface area contributed by atoms with Crippen molar-refractivity contribution in [1.29, 1.82) is 0 Å². The standard InChI is InChI=1S/C53H33N3S/c1-3-14-34(15-4-1)41-31-30-35-16-7-8-19-40(35)49(41)45-33-32-39(42-20-9-10-21-43(42)45)36-26-28-38(29-27-36)52-54-51(37-17-5-2-6-18-37)55-53(56-52)47-24-13-23-46-44-22-11-12-25-48(44)57-50(46)47/h1-33H. The lowest BCUT2D eigenvalue weighted by Gasteiger charge is -2.18. The lowest BCUT2D eigenvalue weighted by atomic mass is 9.86. The lowest BCUT2D eigenvalue weighted by Crippen LogP contribution is -2.00. The van der Waals surface area contributed by atoms with Gasteiger partial charge in [-0.15, -0.1) is 11.3 Å². The van der Waals surface area contributed by atoms with Crippen molar-refractivity contribution in [3.63, 3.8) is 0 Å². The highest BCUT2D eigenvalue weighted by molar-refractivity contribution is 7.26. The Morgan fingerprint density at radius 3 is 1.54 bits per heavy atom. The molecule has 2 aromatic heterocycles. The number of hydrogen-bond acceptors (Lipinski definition) is 4. The van der Waals surface area contributed by atoms with Crippen LogP contribution in [-0.2, 0) is 0 Å². The molecule has 11 aromatic rings. The zero-order valence-electron chi connectivity index (χ0n) is 30.8. The molecule has 57 heavy (non-hydrogen) atoms. The average Bonchev–Trinajstić information content (AvgIpc) is 3.68. The molecule has 11 rings (SSSR count). The van der Waals surface area contributed by atoms with E-state index in [4.69, 9.17) is 15.0 Å². The normalized spacial score (nSPS) is 11.5. The summed E-state index contributed by atoms with van der Waals surface area (Å²) in [5, 5.41) is 7.37. The van der Waals surface area contributed by atoms with Crippen molar-refractivity contribution in [2.24, 2.45) is 0 Å². The topological polar surface area (TPSA) is 38.7 Å². The van der Waals surface area contributed by atoms with Crippen LogP contribution >= 0.6 is 11.3 Å². The molecule has 0 radical (unpaired) electrons. The molecular weight excluding hydrogens is 711 g/mol. The SMILES string of the molecule is c1ccc(-c2nc(-c3ccc(-c4ccc(-c5c(-c6ccccc6)ccc6ccccc56)c5ccccc45)cc3)nc(-c3cccc4c3sc3ccccc34)n2)cc1. The van der Waals surface area contributed by atoms with Gasteiger partial charge in [-0.2, -0.15) is 0 Å². The molecule has 0 saturated heterocycles. The number of nitrogens with zero attached hydrogens (tertiary/aromatic N) is 3. The van der Waals surface area contributed by atoms with Gasteiger partial charge in [0, 0.05) is 36.9 Å². The fraction of sp³-hybridized carbons (Fsp3) is 0. The van der Waals surface area contributed by atoms with Crippen LogP contribution in [-0.4, -0.2) is 15.0 Å². The first kappa shape index (κ1) is 33.1. The predicted octanol–water partition coefficient (Wildman–Crippen LogP) is 14.5. The summed E-state index contributed by atoms with van der Waals surface area (Å²) < 4.78 is 2.43. The van der Waals surface area contributed by atoms with Crippen molar-refractivity contribution in [2.75, 3.05) is 0 Å². The molecule has 266 valence electrons. The molecule has 0 fully saturated rings. The summed E-state index contributed by atoms with van der Waals surface area (Å²) in [6.07, 6.45) is 0. The Morgan fingerprint density at radius 1 is 0.281 bits per heavy atom. The van der Waals surface area contributed by atoms with Gasteiger partial charge in [0.05, 0.1) is 0 Å². The van der Waals surface area contributed by atoms with Crippen LogP contribution < -0.4 is 0 Å². The van der Waals surface area contributed by atoms with Crippen molar-refractivity contribution in [2.45, 2.75) is 0 Å². The first-order valence-corrected chi connectivity index (χ1v) is 20.0. The first-order chi connectivity index (χ1) is 28.3. The Bertz CT molecular complexity index is 3280. The van der Waals surface area contributed by atoms with Crippen LogP contribution in [0, 0.1) is 0 Å². The molecule has 3 nitrogen and oxygen atoms in total. The van der Waals surface area contributed by atoms with E-state index in [2.05, 4.69) is 182 Å². The molecule has 0 N–H and O–H groups in total. The molecule has 0 amide bonds. The van der Waals surface area contributed by atoms with Gasteiger partial charge in [0.2, 0.25) is 0 Å². The minimum absolute atomic E-state index is 0.646. The van der Waals surface area contributed by atoms with Crippen LogP contribution in [0.1, 0.15) is 0 Å². The number of rotatable bonds is 6. The van der Waals surface area contributed by atoms with Gasteiger partial charge >= 0.3 is 0 Å². The molecule has 0 aliphatic carbocycles. The second-order valence-corrected chi connectivity index (χ2v) is 15.4. The summed E-state index contributed by atoms with van der Waals surface area (Å²) in [4.78, 5) is 15.3. The molecule has 0 saturated carbocycles. The summed E-state index contributed by atoms with van der Waals surface area (Å²) in [6.45, 7) is 0. The Hall–Kier alpha value is -7.27. The number of thiophene rings is 1. The highest BCUT2D eigenvalue weighted by atomic mass is 32.1. The second-order valence-electron chi connectivity index (χ2n) is 14.3. The highest BCUT2D eigenvalue weighted by Gasteiger charge is 2.19. The molecule has 0 unspecified atom stereocenters. The van der Waals surface area contributed by atoms with E-state index < -0.39 is 0 Å². The quantitative estimate of drug-likeness (QED) is 0.170. The summed E-state index contributed by atoms with van der Waals surface area (Å²) >= 11 is 1.79. The largest absolute Gasteiger partial charge is 0.208 e. The molecule has 0 aliphatic heterocycles. The van der Waals surface area contributed by atoms with Crippen molar-refractivity contribution in [3.05, 3.63) is 200 Å². The molecule has 0 spiro atoms. The Kier molecular flexibility index (Phi) is 8.01. The van der Waals surface area contributed by atoms with Gasteiger partial charge in [-0.05, 0) is 67.1 Å². The number of fused-ring (bicyclic) bond motifs is 5. The van der Waals surface area contributed by atoms with Crippen LogP contribution in [0.2, 0.25) is 0 Å². The summed E-state index contributed by atoms with van der Waals surface area (Å²) in [6, 6.07) is 71.2. The second kappa shape index (κ2) is 13.8. The molecular formula is C53H33N3S. The smallest absolute Gasteiger partial charge is 0.165 e. The Morgan fingerprint density at radius 2 is 0.789 bits per heavy atom. The number of hydrogen-bond donors (Lipinski definition) is 0. The third-order valence-electron chi connectivity index (χ3n) is 11.0. The van der Waals surface area contributed by atoms with Gasteiger partial charge in [0.15, 0.2) is 17.5 Å². The summed E-state index contributed by atoms with van der Waals surface area (Å²) in [5.74, 6) is 1.97. The van der Waals surface area contributed by atoms with Crippen LogP contribution in [0.15, 0.2) is 200 Å². The van der Waals surface area contributed by atoms with Gasteiger partial charge in [-0.25, -0.2) is 15.0 Å². The molecule has 0 atom stereocenters. The van der Waals surface area contributed by atoms with E-state index in [0.717, 1.165) is 22.3 Å². The van der Waals surface area contributed by atoms with E-state index in [1.165, 1.54) is 69.5 Å². The van der Waals surface area contributed by atoms with Crippen molar-refractivity contribution in [3.8, 4) is 67.5 Å². The van der Waals surface area contributed by atoms with Crippen molar-refractivity contribution >= 4 is 53.1 Å². The van der Waals surface area contributed by atoms with E-state index in [0.29, 0.717) is 17.5 Å². The zero-order chi connectivity index (χ0) is 37.7.